The molecule has 108 valence electrons. The lowest BCUT2D eigenvalue weighted by molar-refractivity contribution is 0.422. The van der Waals surface area contributed by atoms with Crippen molar-refractivity contribution in [3.05, 3.63) is 41.0 Å². The zero-order valence-electron chi connectivity index (χ0n) is 11.1. The molecule has 5 nitrogen and oxygen atoms in total. The van der Waals surface area contributed by atoms with Crippen LogP contribution in [-0.2, 0) is 16.6 Å². The van der Waals surface area contributed by atoms with Crippen LogP contribution >= 0.6 is 11.6 Å². The molecule has 0 amide bonds. The molecule has 1 N–H and O–H groups in total. The van der Waals surface area contributed by atoms with E-state index < -0.39 is 15.3 Å². The Morgan fingerprint density at radius 1 is 1.35 bits per heavy atom. The van der Waals surface area contributed by atoms with Gasteiger partial charge in [0.1, 0.15) is 0 Å². The molecule has 1 aromatic carbocycles. The van der Waals surface area contributed by atoms with Crippen LogP contribution in [0.1, 0.15) is 19.5 Å². The second kappa shape index (κ2) is 5.95. The summed E-state index contributed by atoms with van der Waals surface area (Å²) in [6.45, 7) is 3.31. The van der Waals surface area contributed by atoms with Crippen molar-refractivity contribution in [2.75, 3.05) is 0 Å². The summed E-state index contributed by atoms with van der Waals surface area (Å²) in [4.78, 5) is 0. The summed E-state index contributed by atoms with van der Waals surface area (Å²) in [5.41, 5.74) is 1.23. The van der Waals surface area contributed by atoms with Crippen molar-refractivity contribution >= 4 is 21.6 Å². The molecule has 2 rings (SSSR count). The van der Waals surface area contributed by atoms with Crippen LogP contribution in [0.25, 0.3) is 11.3 Å². The first-order valence-electron chi connectivity index (χ1n) is 6.09. The van der Waals surface area contributed by atoms with Crippen molar-refractivity contribution in [2.45, 2.75) is 25.6 Å². The highest BCUT2D eigenvalue weighted by atomic mass is 35.5. The second-order valence-corrected chi connectivity index (χ2v) is 7.31. The number of nitrogens with zero attached hydrogens (tertiary/aromatic N) is 1. The summed E-state index contributed by atoms with van der Waals surface area (Å²) < 4.78 is 30.9. The molecule has 7 heteroatoms. The molecule has 0 fully saturated rings. The van der Waals surface area contributed by atoms with Crippen LogP contribution in [0.2, 0.25) is 5.02 Å². The number of sulfonamides is 1. The van der Waals surface area contributed by atoms with Crippen molar-refractivity contribution < 1.29 is 12.9 Å². The molecule has 0 bridgehead atoms. The van der Waals surface area contributed by atoms with Crippen LogP contribution in [0, 0.1) is 0 Å². The monoisotopic (exact) mass is 314 g/mol. The number of halogens is 1. The first-order valence-corrected chi connectivity index (χ1v) is 8.01. The van der Waals surface area contributed by atoms with Crippen molar-refractivity contribution in [2.24, 2.45) is 0 Å². The molecule has 0 saturated carbocycles. The van der Waals surface area contributed by atoms with E-state index in [4.69, 9.17) is 16.1 Å². The fourth-order valence-electron chi connectivity index (χ4n) is 1.52. The maximum Gasteiger partial charge on any atom is 0.214 e. The summed E-state index contributed by atoms with van der Waals surface area (Å²) in [6, 6.07) is 8.89. The van der Waals surface area contributed by atoms with E-state index in [0.29, 0.717) is 16.5 Å². The lowest BCUT2D eigenvalue weighted by Crippen LogP contribution is -2.30. The molecule has 20 heavy (non-hydrogen) atoms. The Bertz CT molecular complexity index is 695. The zero-order valence-corrected chi connectivity index (χ0v) is 12.7. The van der Waals surface area contributed by atoms with Crippen molar-refractivity contribution in [3.63, 3.8) is 0 Å². The quantitative estimate of drug-likeness (QED) is 0.921. The van der Waals surface area contributed by atoms with Gasteiger partial charge in [0.2, 0.25) is 10.0 Å². The fourth-order valence-corrected chi connectivity index (χ4v) is 2.44. The molecule has 0 aliphatic heterocycles. The summed E-state index contributed by atoms with van der Waals surface area (Å²) in [6.07, 6.45) is 0. The van der Waals surface area contributed by atoms with Crippen molar-refractivity contribution in [1.29, 1.82) is 0 Å². The summed E-state index contributed by atoms with van der Waals surface area (Å²) >= 11 is 6.06. The molecule has 0 unspecified atom stereocenters. The van der Waals surface area contributed by atoms with Crippen LogP contribution < -0.4 is 4.72 Å². The smallest absolute Gasteiger partial charge is 0.214 e. The van der Waals surface area contributed by atoms with Crippen LogP contribution in [0.5, 0.6) is 0 Å². The van der Waals surface area contributed by atoms with Gasteiger partial charge in [-0.2, -0.15) is 0 Å². The van der Waals surface area contributed by atoms with E-state index in [-0.39, 0.29) is 6.54 Å². The first-order chi connectivity index (χ1) is 9.40. The molecule has 1 heterocycles. The number of hydrogen-bond donors (Lipinski definition) is 1. The number of rotatable bonds is 5. The molecule has 2 aromatic rings. The molecule has 0 atom stereocenters. The SMILES string of the molecule is CC(C)S(=O)(=O)NCc1cc(-c2ccccc2Cl)on1. The molecule has 0 radical (unpaired) electrons. The number of nitrogens with one attached hydrogen (secondary N) is 1. The van der Waals surface area contributed by atoms with Crippen LogP contribution in [-0.4, -0.2) is 18.8 Å². The van der Waals surface area contributed by atoms with Crippen LogP contribution in [0.3, 0.4) is 0 Å². The lowest BCUT2D eigenvalue weighted by Gasteiger charge is -2.07. The van der Waals surface area contributed by atoms with Gasteiger partial charge in [0.15, 0.2) is 5.76 Å². The van der Waals surface area contributed by atoms with Gasteiger partial charge in [-0.25, -0.2) is 13.1 Å². The number of hydrogen-bond acceptors (Lipinski definition) is 4. The third-order valence-electron chi connectivity index (χ3n) is 2.77. The van der Waals surface area contributed by atoms with E-state index in [1.807, 2.05) is 18.2 Å². The zero-order chi connectivity index (χ0) is 14.8. The molecular formula is C13H15ClN2O3S. The van der Waals surface area contributed by atoms with E-state index in [2.05, 4.69) is 9.88 Å². The third-order valence-corrected chi connectivity index (χ3v) is 4.89. The highest BCUT2D eigenvalue weighted by Crippen LogP contribution is 2.27. The average Bonchev–Trinajstić information content (AvgIpc) is 2.85. The summed E-state index contributed by atoms with van der Waals surface area (Å²) in [5, 5.41) is 3.90. The van der Waals surface area contributed by atoms with E-state index in [9.17, 15) is 8.42 Å². The number of aromatic nitrogens is 1. The Morgan fingerprint density at radius 3 is 2.70 bits per heavy atom. The summed E-state index contributed by atoms with van der Waals surface area (Å²) in [7, 11) is -3.32. The van der Waals surface area contributed by atoms with Gasteiger partial charge in [0, 0.05) is 11.6 Å². The molecular weight excluding hydrogens is 300 g/mol. The molecule has 0 saturated heterocycles. The Hall–Kier alpha value is -1.37. The Kier molecular flexibility index (Phi) is 4.47. The van der Waals surface area contributed by atoms with Crippen molar-refractivity contribution in [3.8, 4) is 11.3 Å². The predicted octanol–water partition coefficient (Wildman–Crippen LogP) is 2.82. The van der Waals surface area contributed by atoms with Gasteiger partial charge in [-0.05, 0) is 26.0 Å². The van der Waals surface area contributed by atoms with Gasteiger partial charge in [-0.15, -0.1) is 0 Å². The van der Waals surface area contributed by atoms with E-state index in [1.165, 1.54) is 0 Å². The van der Waals surface area contributed by atoms with Gasteiger partial charge in [-0.3, -0.25) is 0 Å². The summed E-state index contributed by atoms with van der Waals surface area (Å²) in [5.74, 6) is 0.509. The standard InChI is InChI=1S/C13H15ClN2O3S/c1-9(2)20(17,18)15-8-10-7-13(19-16-10)11-5-3-4-6-12(11)14/h3-7,9,15H,8H2,1-2H3. The normalized spacial score (nSPS) is 12.0. The maximum atomic E-state index is 11.6. The average molecular weight is 315 g/mol. The van der Waals surface area contributed by atoms with E-state index in [0.717, 1.165) is 5.56 Å². The highest BCUT2D eigenvalue weighted by molar-refractivity contribution is 7.90. The fraction of sp³-hybridized carbons (Fsp3) is 0.308. The highest BCUT2D eigenvalue weighted by Gasteiger charge is 2.16. The largest absolute Gasteiger partial charge is 0.356 e. The molecule has 0 spiro atoms. The predicted molar refractivity (Wildman–Crippen MR) is 77.8 cm³/mol. The lowest BCUT2D eigenvalue weighted by atomic mass is 10.1. The minimum atomic E-state index is -3.32. The maximum absolute atomic E-state index is 11.6. The minimum Gasteiger partial charge on any atom is -0.356 e. The van der Waals surface area contributed by atoms with Crippen LogP contribution in [0.4, 0.5) is 0 Å². The van der Waals surface area contributed by atoms with Crippen molar-refractivity contribution in [1.82, 2.24) is 9.88 Å². The van der Waals surface area contributed by atoms with E-state index >= 15 is 0 Å². The second-order valence-electron chi connectivity index (χ2n) is 4.58. The van der Waals surface area contributed by atoms with Gasteiger partial charge >= 0.3 is 0 Å². The Balaban J connectivity index is 2.13. The van der Waals surface area contributed by atoms with Crippen LogP contribution in [0.15, 0.2) is 34.9 Å². The van der Waals surface area contributed by atoms with Gasteiger partial charge in [0.05, 0.1) is 22.5 Å². The third kappa shape index (κ3) is 3.39. The Labute approximate surface area is 123 Å². The van der Waals surface area contributed by atoms with Gasteiger partial charge in [-0.1, -0.05) is 28.9 Å². The van der Waals surface area contributed by atoms with Gasteiger partial charge in [0.25, 0.3) is 0 Å². The van der Waals surface area contributed by atoms with E-state index in [1.54, 1.807) is 26.0 Å². The topological polar surface area (TPSA) is 72.2 Å². The van der Waals surface area contributed by atoms with Gasteiger partial charge < -0.3 is 4.52 Å². The molecule has 0 aliphatic carbocycles. The Morgan fingerprint density at radius 2 is 2.05 bits per heavy atom. The molecule has 0 aliphatic rings. The molecule has 1 aromatic heterocycles. The number of benzene rings is 1. The minimum absolute atomic E-state index is 0.0917. The first kappa shape index (κ1) is 15.0.